The van der Waals surface area contributed by atoms with E-state index >= 15 is 0 Å². The molecule has 0 atom stereocenters. The number of allylic oxidation sites excluding steroid dienone is 2. The van der Waals surface area contributed by atoms with Gasteiger partial charge in [0.25, 0.3) is 0 Å². The SMILES string of the molecule is CCOC(=O)CCCCCCCCC=CCCCCCCCCC(=O)O. The summed E-state index contributed by atoms with van der Waals surface area (Å²) in [4.78, 5) is 21.6. The van der Waals surface area contributed by atoms with Crippen molar-refractivity contribution in [2.24, 2.45) is 0 Å². The number of ether oxygens (including phenoxy) is 1. The van der Waals surface area contributed by atoms with Gasteiger partial charge >= 0.3 is 11.9 Å². The van der Waals surface area contributed by atoms with Gasteiger partial charge < -0.3 is 9.84 Å². The minimum Gasteiger partial charge on any atom is -0.481 e. The zero-order valence-corrected chi connectivity index (χ0v) is 16.8. The molecule has 0 rings (SSSR count). The van der Waals surface area contributed by atoms with E-state index in [0.717, 1.165) is 32.1 Å². The van der Waals surface area contributed by atoms with Crippen molar-refractivity contribution in [1.82, 2.24) is 0 Å². The van der Waals surface area contributed by atoms with Crippen LogP contribution in [0.1, 0.15) is 110 Å². The highest BCUT2D eigenvalue weighted by Crippen LogP contribution is 2.11. The Balaban J connectivity index is 3.15. The molecule has 0 aromatic carbocycles. The summed E-state index contributed by atoms with van der Waals surface area (Å²) in [6.07, 6.45) is 21.7. The Labute approximate surface area is 160 Å². The Kier molecular flexibility index (Phi) is 19.0. The molecule has 4 heteroatoms. The molecular formula is C22H40O4. The highest BCUT2D eigenvalue weighted by molar-refractivity contribution is 5.69. The van der Waals surface area contributed by atoms with Gasteiger partial charge in [-0.05, 0) is 45.4 Å². The first-order valence-corrected chi connectivity index (χ1v) is 10.7. The molecule has 0 aliphatic rings. The summed E-state index contributed by atoms with van der Waals surface area (Å²) >= 11 is 0. The maximum atomic E-state index is 11.2. The number of carboxylic acids is 1. The zero-order valence-electron chi connectivity index (χ0n) is 16.8. The molecule has 152 valence electrons. The second-order valence-corrected chi connectivity index (χ2v) is 6.99. The summed E-state index contributed by atoms with van der Waals surface area (Å²) < 4.78 is 4.91. The third kappa shape index (κ3) is 20.7. The van der Waals surface area contributed by atoms with Gasteiger partial charge in [-0.2, -0.15) is 0 Å². The lowest BCUT2D eigenvalue weighted by Crippen LogP contribution is -2.03. The summed E-state index contributed by atoms with van der Waals surface area (Å²) in [7, 11) is 0. The van der Waals surface area contributed by atoms with Gasteiger partial charge in [-0.3, -0.25) is 9.59 Å². The molecule has 0 amide bonds. The lowest BCUT2D eigenvalue weighted by Gasteiger charge is -2.02. The Bertz CT molecular complexity index is 363. The van der Waals surface area contributed by atoms with Crippen LogP contribution in [0.4, 0.5) is 0 Å². The monoisotopic (exact) mass is 368 g/mol. The molecule has 0 aromatic rings. The van der Waals surface area contributed by atoms with Crippen molar-refractivity contribution in [2.45, 2.75) is 110 Å². The van der Waals surface area contributed by atoms with Crippen molar-refractivity contribution in [1.29, 1.82) is 0 Å². The second kappa shape index (κ2) is 20.0. The quantitative estimate of drug-likeness (QED) is 0.162. The van der Waals surface area contributed by atoms with Gasteiger partial charge in [-0.1, -0.05) is 63.5 Å². The molecular weight excluding hydrogens is 328 g/mol. The maximum absolute atomic E-state index is 11.2. The van der Waals surface area contributed by atoms with Crippen LogP contribution in [0.2, 0.25) is 0 Å². The molecule has 0 saturated carbocycles. The van der Waals surface area contributed by atoms with Gasteiger partial charge in [-0.25, -0.2) is 0 Å². The third-order valence-electron chi connectivity index (χ3n) is 4.49. The number of carbonyl (C=O) groups excluding carboxylic acids is 1. The molecule has 0 aromatic heterocycles. The minimum atomic E-state index is -0.677. The van der Waals surface area contributed by atoms with Crippen molar-refractivity contribution in [3.05, 3.63) is 12.2 Å². The van der Waals surface area contributed by atoms with Crippen LogP contribution in [0.15, 0.2) is 12.2 Å². The number of hydrogen-bond donors (Lipinski definition) is 1. The minimum absolute atomic E-state index is 0.0594. The van der Waals surface area contributed by atoms with E-state index in [0.29, 0.717) is 19.4 Å². The third-order valence-corrected chi connectivity index (χ3v) is 4.49. The fraction of sp³-hybridized carbons (Fsp3) is 0.818. The molecule has 1 N–H and O–H groups in total. The number of carbonyl (C=O) groups is 2. The van der Waals surface area contributed by atoms with Gasteiger partial charge in [0.05, 0.1) is 6.61 Å². The Morgan fingerprint density at radius 1 is 0.692 bits per heavy atom. The Morgan fingerprint density at radius 2 is 1.12 bits per heavy atom. The van der Waals surface area contributed by atoms with Crippen molar-refractivity contribution >= 4 is 11.9 Å². The van der Waals surface area contributed by atoms with Crippen LogP contribution < -0.4 is 0 Å². The average molecular weight is 369 g/mol. The molecule has 0 aliphatic carbocycles. The fourth-order valence-electron chi connectivity index (χ4n) is 2.95. The molecule has 0 fully saturated rings. The first-order valence-electron chi connectivity index (χ1n) is 10.7. The van der Waals surface area contributed by atoms with Gasteiger partial charge in [-0.15, -0.1) is 0 Å². The largest absolute Gasteiger partial charge is 0.481 e. The van der Waals surface area contributed by atoms with E-state index in [1.54, 1.807) is 0 Å². The fourth-order valence-corrected chi connectivity index (χ4v) is 2.95. The summed E-state index contributed by atoms with van der Waals surface area (Å²) in [5, 5.41) is 8.55. The number of unbranched alkanes of at least 4 members (excludes halogenated alkanes) is 12. The van der Waals surface area contributed by atoms with Gasteiger partial charge in [0.2, 0.25) is 0 Å². The van der Waals surface area contributed by atoms with Gasteiger partial charge in [0.15, 0.2) is 0 Å². The van der Waals surface area contributed by atoms with Crippen LogP contribution >= 0.6 is 0 Å². The van der Waals surface area contributed by atoms with Crippen LogP contribution in [-0.2, 0) is 14.3 Å². The topological polar surface area (TPSA) is 63.6 Å². The average Bonchev–Trinajstić information content (AvgIpc) is 2.60. The van der Waals surface area contributed by atoms with E-state index in [1.807, 2.05) is 6.92 Å². The molecule has 0 bridgehead atoms. The van der Waals surface area contributed by atoms with E-state index in [9.17, 15) is 9.59 Å². The number of hydrogen-bond acceptors (Lipinski definition) is 3. The number of carboxylic acid groups (broad SMARTS) is 1. The lowest BCUT2D eigenvalue weighted by atomic mass is 10.1. The van der Waals surface area contributed by atoms with Crippen molar-refractivity contribution in [2.75, 3.05) is 6.61 Å². The molecule has 26 heavy (non-hydrogen) atoms. The highest BCUT2D eigenvalue weighted by Gasteiger charge is 2.00. The van der Waals surface area contributed by atoms with Crippen LogP contribution in [0.25, 0.3) is 0 Å². The molecule has 0 unspecified atom stereocenters. The summed E-state index contributed by atoms with van der Waals surface area (Å²) in [5.74, 6) is -0.736. The maximum Gasteiger partial charge on any atom is 0.305 e. The van der Waals surface area contributed by atoms with Crippen LogP contribution in [0.3, 0.4) is 0 Å². The number of esters is 1. The predicted molar refractivity (Wildman–Crippen MR) is 107 cm³/mol. The number of aliphatic carboxylic acids is 1. The Morgan fingerprint density at radius 3 is 1.58 bits per heavy atom. The summed E-state index contributed by atoms with van der Waals surface area (Å²) in [6, 6.07) is 0. The van der Waals surface area contributed by atoms with Crippen LogP contribution in [0.5, 0.6) is 0 Å². The molecule has 0 heterocycles. The standard InChI is InChI=1S/C22H40O4/c1-2-26-22(25)20-18-16-14-12-10-8-6-4-3-5-7-9-11-13-15-17-19-21(23)24/h3-4H,2,5-20H2,1H3,(H,23,24). The summed E-state index contributed by atoms with van der Waals surface area (Å²) in [5.41, 5.74) is 0. The van der Waals surface area contributed by atoms with Crippen molar-refractivity contribution in [3.8, 4) is 0 Å². The number of rotatable bonds is 19. The predicted octanol–water partition coefficient (Wildman–Crippen LogP) is 6.43. The molecule has 0 saturated heterocycles. The normalized spacial score (nSPS) is 11.1. The highest BCUT2D eigenvalue weighted by atomic mass is 16.5. The smallest absolute Gasteiger partial charge is 0.305 e. The van der Waals surface area contributed by atoms with Gasteiger partial charge in [0, 0.05) is 12.8 Å². The van der Waals surface area contributed by atoms with Crippen LogP contribution in [-0.4, -0.2) is 23.7 Å². The van der Waals surface area contributed by atoms with Crippen LogP contribution in [0, 0.1) is 0 Å². The van der Waals surface area contributed by atoms with E-state index in [2.05, 4.69) is 12.2 Å². The van der Waals surface area contributed by atoms with E-state index in [-0.39, 0.29) is 5.97 Å². The molecule has 0 radical (unpaired) electrons. The van der Waals surface area contributed by atoms with E-state index < -0.39 is 5.97 Å². The Hall–Kier alpha value is -1.32. The lowest BCUT2D eigenvalue weighted by molar-refractivity contribution is -0.143. The zero-order chi connectivity index (χ0) is 19.3. The van der Waals surface area contributed by atoms with Gasteiger partial charge in [0.1, 0.15) is 0 Å². The first-order chi connectivity index (χ1) is 12.7. The van der Waals surface area contributed by atoms with E-state index in [4.69, 9.17) is 9.84 Å². The molecule has 0 aliphatic heterocycles. The molecule has 0 spiro atoms. The van der Waals surface area contributed by atoms with Crippen molar-refractivity contribution < 1.29 is 19.4 Å². The van der Waals surface area contributed by atoms with E-state index in [1.165, 1.54) is 57.8 Å². The first kappa shape index (κ1) is 24.7. The van der Waals surface area contributed by atoms with Crippen molar-refractivity contribution in [3.63, 3.8) is 0 Å². The summed E-state index contributed by atoms with van der Waals surface area (Å²) in [6.45, 7) is 2.33. The molecule has 4 nitrogen and oxygen atoms in total. The second-order valence-electron chi connectivity index (χ2n) is 6.99.